The van der Waals surface area contributed by atoms with Crippen molar-refractivity contribution in [1.82, 2.24) is 0 Å². The molecule has 0 aromatic heterocycles. The van der Waals surface area contributed by atoms with Crippen LogP contribution in [-0.4, -0.2) is 6.16 Å². The molecule has 6 heteroatoms. The first kappa shape index (κ1) is 12.8. The number of carbonyl (C=O) groups excluding carboxylic acids is 1. The van der Waals surface area contributed by atoms with Crippen molar-refractivity contribution in [3.8, 4) is 5.75 Å². The summed E-state index contributed by atoms with van der Waals surface area (Å²) >= 11 is 0. The summed E-state index contributed by atoms with van der Waals surface area (Å²) in [5.74, 6) is 0.0349. The first-order valence-corrected chi connectivity index (χ1v) is 4.36. The summed E-state index contributed by atoms with van der Waals surface area (Å²) in [5.41, 5.74) is 0.770. The lowest BCUT2D eigenvalue weighted by atomic mass is 10.2. The molecule has 0 spiro atoms. The predicted molar refractivity (Wildman–Crippen MR) is 54.0 cm³/mol. The van der Waals surface area contributed by atoms with Gasteiger partial charge in [-0.2, -0.15) is 13.2 Å². The zero-order valence-electron chi connectivity index (χ0n) is 8.45. The van der Waals surface area contributed by atoms with E-state index < -0.39 is 18.2 Å². The van der Waals surface area contributed by atoms with Crippen molar-refractivity contribution < 1.29 is 27.4 Å². The number of halogens is 3. The molecule has 1 aromatic carbocycles. The normalized spacial score (nSPS) is 9.35. The summed E-state index contributed by atoms with van der Waals surface area (Å²) in [6.45, 7) is 3.51. The molecule has 1 aromatic rings. The largest absolute Gasteiger partial charge is 0.521 e. The van der Waals surface area contributed by atoms with E-state index in [1.807, 2.05) is 0 Å². The van der Waals surface area contributed by atoms with E-state index in [0.717, 1.165) is 5.56 Å². The van der Waals surface area contributed by atoms with Gasteiger partial charge in [-0.1, -0.05) is 24.8 Å². The minimum atomic E-state index is -2.73. The van der Waals surface area contributed by atoms with E-state index in [0.29, 0.717) is 0 Å². The second kappa shape index (κ2) is 5.74. The number of hydrogen-bond donors (Lipinski definition) is 0. The van der Waals surface area contributed by atoms with E-state index in [2.05, 4.69) is 16.1 Å². The summed E-state index contributed by atoms with van der Waals surface area (Å²) in [7, 11) is 0. The van der Waals surface area contributed by atoms with Crippen LogP contribution in [0.25, 0.3) is 6.08 Å². The maximum Gasteiger partial charge on any atom is 0.521 e. The third-order valence-electron chi connectivity index (χ3n) is 1.64. The molecule has 1 rings (SSSR count). The lowest BCUT2D eigenvalue weighted by Gasteiger charge is -2.03. The molecule has 0 amide bonds. The summed E-state index contributed by atoms with van der Waals surface area (Å²) in [6.07, 6.45) is -2.76. The first-order chi connectivity index (χ1) is 8.02. The fourth-order valence-corrected chi connectivity index (χ4v) is 0.901. The number of benzene rings is 1. The Morgan fingerprint density at radius 1 is 1.18 bits per heavy atom. The van der Waals surface area contributed by atoms with Crippen LogP contribution in [0.3, 0.4) is 0 Å². The Morgan fingerprint density at radius 2 is 1.76 bits per heavy atom. The van der Waals surface area contributed by atoms with Gasteiger partial charge in [0.05, 0.1) is 0 Å². The van der Waals surface area contributed by atoms with Gasteiger partial charge >= 0.3 is 18.2 Å². The highest BCUT2D eigenvalue weighted by Crippen LogP contribution is 2.16. The molecule has 0 bridgehead atoms. The average molecular weight is 244 g/mol. The topological polar surface area (TPSA) is 35.5 Å². The van der Waals surface area contributed by atoms with Crippen LogP contribution < -0.4 is 4.74 Å². The van der Waals surface area contributed by atoms with Gasteiger partial charge in [0.25, 0.3) is 0 Å². The number of ether oxygens (including phenoxy) is 2. The quantitative estimate of drug-likeness (QED) is 0.459. The van der Waals surface area contributed by atoms with Crippen LogP contribution in [0, 0.1) is 0 Å². The van der Waals surface area contributed by atoms with Crippen molar-refractivity contribution >= 4 is 12.2 Å². The van der Waals surface area contributed by atoms with Gasteiger partial charge in [0.15, 0.2) is 0 Å². The molecule has 17 heavy (non-hydrogen) atoms. The van der Waals surface area contributed by atoms with Crippen LogP contribution in [0.1, 0.15) is 5.56 Å². The van der Waals surface area contributed by atoms with Crippen molar-refractivity contribution in [2.24, 2.45) is 0 Å². The zero-order valence-corrected chi connectivity index (χ0v) is 8.45. The Labute approximate surface area is 94.8 Å². The molecule has 0 atom stereocenters. The number of rotatable bonds is 3. The van der Waals surface area contributed by atoms with E-state index in [1.165, 1.54) is 12.1 Å². The molecule has 0 radical (unpaired) electrons. The van der Waals surface area contributed by atoms with E-state index in [-0.39, 0.29) is 5.75 Å². The molecule has 0 saturated heterocycles. The molecule has 3 nitrogen and oxygen atoms in total. The van der Waals surface area contributed by atoms with Crippen molar-refractivity contribution in [1.29, 1.82) is 0 Å². The lowest BCUT2D eigenvalue weighted by molar-refractivity contribution is 0.0949. The maximum absolute atomic E-state index is 12.2. The number of hydrogen-bond acceptors (Lipinski definition) is 3. The molecule has 90 valence electrons. The summed E-state index contributed by atoms with van der Waals surface area (Å²) in [6, 6.07) is 3.62. The van der Waals surface area contributed by atoms with Gasteiger partial charge in [-0.15, -0.1) is 0 Å². The summed E-state index contributed by atoms with van der Waals surface area (Å²) < 4.78 is 43.4. The van der Waals surface area contributed by atoms with Crippen molar-refractivity contribution in [3.05, 3.63) is 48.5 Å². The average Bonchev–Trinajstić information content (AvgIpc) is 2.29. The number of carbonyl (C=O) groups is 1. The standard InChI is InChI=1S/C11H7F3O3/c1-2-7-3-5-8(6-4-7)16-11(15)17-10(14)9(12)13/h2-6H,1H2. The summed E-state index contributed by atoms with van der Waals surface area (Å²) in [4.78, 5) is 10.8. The Bertz CT molecular complexity index is 448. The predicted octanol–water partition coefficient (Wildman–Crippen LogP) is 3.88. The van der Waals surface area contributed by atoms with Gasteiger partial charge in [0.2, 0.25) is 0 Å². The van der Waals surface area contributed by atoms with Gasteiger partial charge in [0, 0.05) is 0 Å². The van der Waals surface area contributed by atoms with Gasteiger partial charge in [-0.25, -0.2) is 4.79 Å². The molecule has 0 fully saturated rings. The van der Waals surface area contributed by atoms with E-state index in [4.69, 9.17) is 0 Å². The van der Waals surface area contributed by atoms with Gasteiger partial charge in [-0.05, 0) is 17.7 Å². The molecule has 0 heterocycles. The van der Waals surface area contributed by atoms with E-state index in [9.17, 15) is 18.0 Å². The highest BCUT2D eigenvalue weighted by molar-refractivity contribution is 5.65. The second-order valence-corrected chi connectivity index (χ2v) is 2.76. The summed E-state index contributed by atoms with van der Waals surface area (Å²) in [5, 5.41) is 0. The smallest absolute Gasteiger partial charge is 0.395 e. The van der Waals surface area contributed by atoms with Crippen molar-refractivity contribution in [2.75, 3.05) is 0 Å². The highest BCUT2D eigenvalue weighted by Gasteiger charge is 2.14. The minimum Gasteiger partial charge on any atom is -0.395 e. The van der Waals surface area contributed by atoms with Crippen LogP contribution in [0.2, 0.25) is 0 Å². The highest BCUT2D eigenvalue weighted by atomic mass is 19.3. The molecular formula is C11H7F3O3. The monoisotopic (exact) mass is 244 g/mol. The Balaban J connectivity index is 2.62. The molecular weight excluding hydrogens is 237 g/mol. The fourth-order valence-electron chi connectivity index (χ4n) is 0.901. The van der Waals surface area contributed by atoms with Crippen LogP contribution in [0.15, 0.2) is 42.9 Å². The van der Waals surface area contributed by atoms with Crippen LogP contribution >= 0.6 is 0 Å². The fraction of sp³-hybridized carbons (Fsp3) is 0. The van der Waals surface area contributed by atoms with E-state index >= 15 is 0 Å². The molecule has 0 unspecified atom stereocenters. The first-order valence-electron chi connectivity index (χ1n) is 4.36. The second-order valence-electron chi connectivity index (χ2n) is 2.76. The van der Waals surface area contributed by atoms with Crippen LogP contribution in [0.5, 0.6) is 5.75 Å². The van der Waals surface area contributed by atoms with Gasteiger partial charge in [0.1, 0.15) is 5.75 Å². The van der Waals surface area contributed by atoms with Gasteiger partial charge < -0.3 is 9.47 Å². The Kier molecular flexibility index (Phi) is 4.33. The maximum atomic E-state index is 12.2. The zero-order chi connectivity index (χ0) is 12.8. The Hall–Kier alpha value is -2.24. The van der Waals surface area contributed by atoms with Crippen molar-refractivity contribution in [3.63, 3.8) is 0 Å². The van der Waals surface area contributed by atoms with Crippen molar-refractivity contribution in [2.45, 2.75) is 0 Å². The molecule has 0 N–H and O–H groups in total. The third-order valence-corrected chi connectivity index (χ3v) is 1.64. The Morgan fingerprint density at radius 3 is 2.24 bits per heavy atom. The van der Waals surface area contributed by atoms with Crippen LogP contribution in [0.4, 0.5) is 18.0 Å². The molecule has 0 saturated carbocycles. The minimum absolute atomic E-state index is 0.0349. The molecule has 0 aliphatic rings. The lowest BCUT2D eigenvalue weighted by Crippen LogP contribution is -2.09. The van der Waals surface area contributed by atoms with Gasteiger partial charge in [-0.3, -0.25) is 0 Å². The van der Waals surface area contributed by atoms with Crippen LogP contribution in [-0.2, 0) is 4.74 Å². The SMILES string of the molecule is C=Cc1ccc(OC(=O)OC(F)=C(F)F)cc1. The van der Waals surface area contributed by atoms with E-state index in [1.54, 1.807) is 18.2 Å². The molecule has 0 aliphatic carbocycles. The third kappa shape index (κ3) is 4.02. The molecule has 0 aliphatic heterocycles.